The van der Waals surface area contributed by atoms with Crippen molar-refractivity contribution in [1.29, 1.82) is 0 Å². The summed E-state index contributed by atoms with van der Waals surface area (Å²) in [5, 5.41) is 4.33. The molecule has 3 aromatic rings. The van der Waals surface area contributed by atoms with E-state index in [1.165, 1.54) is 10.9 Å². The molecule has 0 aliphatic carbocycles. The lowest BCUT2D eigenvalue weighted by atomic mass is 10.1. The normalized spacial score (nSPS) is 13.6. The van der Waals surface area contributed by atoms with Crippen LogP contribution in [0, 0.1) is 0 Å². The van der Waals surface area contributed by atoms with Gasteiger partial charge in [0.25, 0.3) is 5.91 Å². The second-order valence-electron chi connectivity index (χ2n) is 6.62. The van der Waals surface area contributed by atoms with Crippen molar-refractivity contribution in [3.63, 3.8) is 0 Å². The van der Waals surface area contributed by atoms with Crippen LogP contribution in [0.15, 0.2) is 65.8 Å². The Balaban J connectivity index is 1.30. The molecule has 0 bridgehead atoms. The predicted octanol–water partition coefficient (Wildman–Crippen LogP) is 4.80. The number of thioether (sulfide) groups is 2. The lowest BCUT2D eigenvalue weighted by Crippen LogP contribution is -2.26. The van der Waals surface area contributed by atoms with Gasteiger partial charge in [-0.05, 0) is 35.6 Å². The van der Waals surface area contributed by atoms with E-state index in [1.54, 1.807) is 23.5 Å². The van der Waals surface area contributed by atoms with E-state index in [-0.39, 0.29) is 5.91 Å². The number of rotatable bonds is 7. The Hall–Kier alpha value is -2.18. The molecule has 0 atom stereocenters. The summed E-state index contributed by atoms with van der Waals surface area (Å²) in [7, 11) is 0. The van der Waals surface area contributed by atoms with E-state index in [9.17, 15) is 4.79 Å². The highest BCUT2D eigenvalue weighted by atomic mass is 32.2. The number of aliphatic imine (C=N–C) groups is 1. The molecule has 1 aliphatic heterocycles. The van der Waals surface area contributed by atoms with Crippen molar-refractivity contribution in [2.45, 2.75) is 18.7 Å². The maximum Gasteiger partial charge on any atom is 0.251 e. The van der Waals surface area contributed by atoms with Gasteiger partial charge in [-0.3, -0.25) is 9.79 Å². The summed E-state index contributed by atoms with van der Waals surface area (Å²) in [6.45, 7) is 2.46. The number of hydrogen-bond donors (Lipinski definition) is 1. The Kier molecular flexibility index (Phi) is 6.39. The number of fused-ring (bicyclic) bond motifs is 1. The van der Waals surface area contributed by atoms with Crippen molar-refractivity contribution in [3.8, 4) is 0 Å². The first-order valence-electron chi connectivity index (χ1n) is 9.51. The van der Waals surface area contributed by atoms with Crippen LogP contribution in [-0.4, -0.2) is 33.7 Å². The van der Waals surface area contributed by atoms with Gasteiger partial charge in [0.05, 0.1) is 6.54 Å². The zero-order chi connectivity index (χ0) is 19.2. The lowest BCUT2D eigenvalue weighted by Gasteiger charge is -2.11. The SMILES string of the molecule is O=C(NCCCn1ccc2ccccc21)c1ccccc1CSC1=NCCS1. The molecule has 0 saturated heterocycles. The van der Waals surface area contributed by atoms with E-state index in [4.69, 9.17) is 0 Å². The summed E-state index contributed by atoms with van der Waals surface area (Å²) in [6.07, 6.45) is 3.01. The molecule has 1 aromatic heterocycles. The molecule has 0 saturated carbocycles. The Morgan fingerprint density at radius 3 is 2.89 bits per heavy atom. The van der Waals surface area contributed by atoms with E-state index in [2.05, 4.69) is 51.4 Å². The Morgan fingerprint density at radius 1 is 1.14 bits per heavy atom. The van der Waals surface area contributed by atoms with Crippen LogP contribution in [0.25, 0.3) is 10.9 Å². The summed E-state index contributed by atoms with van der Waals surface area (Å²) >= 11 is 3.53. The minimum Gasteiger partial charge on any atom is -0.352 e. The molecule has 0 fully saturated rings. The molecule has 0 radical (unpaired) electrons. The molecular weight excluding hydrogens is 386 g/mol. The summed E-state index contributed by atoms with van der Waals surface area (Å²) in [4.78, 5) is 17.1. The van der Waals surface area contributed by atoms with Gasteiger partial charge in [-0.2, -0.15) is 0 Å². The van der Waals surface area contributed by atoms with E-state index in [0.717, 1.165) is 46.5 Å². The van der Waals surface area contributed by atoms with Gasteiger partial charge in [0.2, 0.25) is 0 Å². The fourth-order valence-corrected chi connectivity index (χ4v) is 5.31. The monoisotopic (exact) mass is 409 g/mol. The summed E-state index contributed by atoms with van der Waals surface area (Å²) < 4.78 is 3.38. The topological polar surface area (TPSA) is 46.4 Å². The second-order valence-corrected chi connectivity index (χ2v) is 8.93. The van der Waals surface area contributed by atoms with Gasteiger partial charge in [0, 0.05) is 41.9 Å². The largest absolute Gasteiger partial charge is 0.352 e. The zero-order valence-electron chi connectivity index (χ0n) is 15.6. The van der Waals surface area contributed by atoms with Crippen molar-refractivity contribution in [3.05, 3.63) is 71.9 Å². The second kappa shape index (κ2) is 9.34. The van der Waals surface area contributed by atoms with Crippen LogP contribution < -0.4 is 5.32 Å². The Bertz CT molecular complexity index is 996. The highest BCUT2D eigenvalue weighted by molar-refractivity contribution is 8.38. The van der Waals surface area contributed by atoms with Crippen LogP contribution >= 0.6 is 23.5 Å². The molecule has 4 rings (SSSR count). The quantitative estimate of drug-likeness (QED) is 0.570. The average molecular weight is 410 g/mol. The molecule has 0 unspecified atom stereocenters. The lowest BCUT2D eigenvalue weighted by molar-refractivity contribution is 0.0952. The fourth-order valence-electron chi connectivity index (χ4n) is 3.29. The number of nitrogens with zero attached hydrogens (tertiary/aromatic N) is 2. The first-order valence-corrected chi connectivity index (χ1v) is 11.5. The Morgan fingerprint density at radius 2 is 2.00 bits per heavy atom. The van der Waals surface area contributed by atoms with Crippen LogP contribution in [0.4, 0.5) is 0 Å². The van der Waals surface area contributed by atoms with Gasteiger partial charge < -0.3 is 9.88 Å². The number of nitrogens with one attached hydrogen (secondary N) is 1. The van der Waals surface area contributed by atoms with Gasteiger partial charge in [-0.1, -0.05) is 59.9 Å². The minimum absolute atomic E-state index is 0.00887. The number of carbonyl (C=O) groups excluding carboxylic acids is 1. The molecule has 4 nitrogen and oxygen atoms in total. The molecule has 2 heterocycles. The van der Waals surface area contributed by atoms with Crippen LogP contribution in [0.5, 0.6) is 0 Å². The van der Waals surface area contributed by atoms with Crippen molar-refractivity contribution >= 4 is 44.7 Å². The third kappa shape index (κ3) is 4.62. The standard InChI is InChI=1S/C22H23N3OS2/c26-21(19-8-3-1-7-18(19)16-28-22-24-12-15-27-22)23-11-5-13-25-14-10-17-6-2-4-9-20(17)25/h1-4,6-10,14H,5,11-13,15-16H2,(H,23,26). The van der Waals surface area contributed by atoms with E-state index >= 15 is 0 Å². The number of aryl methyl sites for hydroxylation is 1. The molecule has 6 heteroatoms. The van der Waals surface area contributed by atoms with Crippen LogP contribution in [0.2, 0.25) is 0 Å². The summed E-state index contributed by atoms with van der Waals surface area (Å²) in [5.41, 5.74) is 3.07. The number of amides is 1. The highest BCUT2D eigenvalue weighted by Crippen LogP contribution is 2.26. The molecule has 1 N–H and O–H groups in total. The maximum absolute atomic E-state index is 12.7. The molecule has 1 amide bonds. The van der Waals surface area contributed by atoms with Crippen molar-refractivity contribution in [2.24, 2.45) is 4.99 Å². The van der Waals surface area contributed by atoms with Gasteiger partial charge in [0.15, 0.2) is 0 Å². The van der Waals surface area contributed by atoms with Crippen molar-refractivity contribution < 1.29 is 4.79 Å². The number of para-hydroxylation sites is 1. The predicted molar refractivity (Wildman–Crippen MR) is 121 cm³/mol. The molecule has 1 aliphatic rings. The fraction of sp³-hybridized carbons (Fsp3) is 0.273. The molecule has 2 aromatic carbocycles. The number of aromatic nitrogens is 1. The van der Waals surface area contributed by atoms with E-state index in [1.807, 2.05) is 24.3 Å². The van der Waals surface area contributed by atoms with Gasteiger partial charge in [-0.15, -0.1) is 0 Å². The van der Waals surface area contributed by atoms with Crippen LogP contribution in [-0.2, 0) is 12.3 Å². The number of benzene rings is 2. The molecule has 28 heavy (non-hydrogen) atoms. The smallest absolute Gasteiger partial charge is 0.251 e. The minimum atomic E-state index is 0.00887. The third-order valence-corrected chi connectivity index (χ3v) is 7.01. The Labute approximate surface area is 173 Å². The number of carbonyl (C=O) groups is 1. The maximum atomic E-state index is 12.7. The molecular formula is C22H23N3OS2. The van der Waals surface area contributed by atoms with Gasteiger partial charge in [-0.25, -0.2) is 0 Å². The number of hydrogen-bond acceptors (Lipinski definition) is 4. The van der Waals surface area contributed by atoms with Gasteiger partial charge >= 0.3 is 0 Å². The van der Waals surface area contributed by atoms with E-state index in [0.29, 0.717) is 6.54 Å². The van der Waals surface area contributed by atoms with E-state index < -0.39 is 0 Å². The third-order valence-electron chi connectivity index (χ3n) is 4.71. The van der Waals surface area contributed by atoms with Gasteiger partial charge in [0.1, 0.15) is 4.38 Å². The summed E-state index contributed by atoms with van der Waals surface area (Å²) in [5.74, 6) is 1.86. The first-order chi connectivity index (χ1) is 13.8. The zero-order valence-corrected chi connectivity index (χ0v) is 17.3. The van der Waals surface area contributed by atoms with Crippen LogP contribution in [0.3, 0.4) is 0 Å². The van der Waals surface area contributed by atoms with Crippen molar-refractivity contribution in [1.82, 2.24) is 9.88 Å². The highest BCUT2D eigenvalue weighted by Gasteiger charge is 2.13. The first kappa shape index (κ1) is 19.2. The van der Waals surface area contributed by atoms with Crippen LogP contribution in [0.1, 0.15) is 22.3 Å². The van der Waals surface area contributed by atoms with Crippen molar-refractivity contribution in [2.75, 3.05) is 18.8 Å². The average Bonchev–Trinajstić information content (AvgIpc) is 3.40. The molecule has 0 spiro atoms. The molecule has 144 valence electrons. The summed E-state index contributed by atoms with van der Waals surface area (Å²) in [6, 6.07) is 18.4.